The Kier molecular flexibility index (Phi) is 6.00. The van der Waals surface area contributed by atoms with Crippen molar-refractivity contribution in [3.8, 4) is 0 Å². The number of rotatable bonds is 7. The van der Waals surface area contributed by atoms with Gasteiger partial charge < -0.3 is 15.2 Å². The minimum atomic E-state index is -0.338. The Morgan fingerprint density at radius 1 is 1.31 bits per heavy atom. The molecule has 0 radical (unpaired) electrons. The Balaban J connectivity index is 2.51. The highest BCUT2D eigenvalue weighted by molar-refractivity contribution is 5.10. The molecule has 0 fully saturated rings. The van der Waals surface area contributed by atoms with E-state index in [0.717, 1.165) is 5.56 Å². The van der Waals surface area contributed by atoms with Crippen LogP contribution in [-0.2, 0) is 15.9 Å². The van der Waals surface area contributed by atoms with Crippen molar-refractivity contribution in [3.63, 3.8) is 0 Å². The predicted octanol–water partition coefficient (Wildman–Crippen LogP) is 1.35. The van der Waals surface area contributed by atoms with E-state index in [9.17, 15) is 0 Å². The highest BCUT2D eigenvalue weighted by Crippen LogP contribution is 2.07. The van der Waals surface area contributed by atoms with Crippen LogP contribution in [0, 0.1) is 0 Å². The Bertz CT molecular complexity index is 274. The molecular formula is C12H20N2O2. The van der Waals surface area contributed by atoms with Crippen LogP contribution in [0.5, 0.6) is 0 Å². The van der Waals surface area contributed by atoms with Gasteiger partial charge in [-0.25, -0.2) is 0 Å². The van der Waals surface area contributed by atoms with E-state index in [1.807, 2.05) is 32.2 Å². The van der Waals surface area contributed by atoms with Gasteiger partial charge in [0.15, 0.2) is 6.29 Å². The smallest absolute Gasteiger partial charge is 0.172 e. The second-order valence-electron chi connectivity index (χ2n) is 3.51. The quantitative estimate of drug-likeness (QED) is 0.710. The number of aromatic nitrogens is 1. The summed E-state index contributed by atoms with van der Waals surface area (Å²) in [5, 5.41) is 0. The number of ether oxygens (including phenoxy) is 2. The maximum atomic E-state index is 6.04. The number of nitrogens with zero attached hydrogens (tertiary/aromatic N) is 1. The molecule has 2 N–H and O–H groups in total. The SMILES string of the molecule is CCOC(OCC)C(N)Cc1cccnc1. The molecule has 90 valence electrons. The molecule has 1 aromatic rings. The largest absolute Gasteiger partial charge is 0.351 e. The van der Waals surface area contributed by atoms with E-state index in [1.54, 1.807) is 6.20 Å². The van der Waals surface area contributed by atoms with E-state index in [0.29, 0.717) is 19.6 Å². The first kappa shape index (κ1) is 13.1. The molecule has 1 rings (SSSR count). The van der Waals surface area contributed by atoms with Gasteiger partial charge in [-0.15, -0.1) is 0 Å². The summed E-state index contributed by atoms with van der Waals surface area (Å²) in [6, 6.07) is 3.74. The third-order valence-corrected chi connectivity index (χ3v) is 2.21. The van der Waals surface area contributed by atoms with Gasteiger partial charge in [0.2, 0.25) is 0 Å². The molecule has 0 bridgehead atoms. The van der Waals surface area contributed by atoms with Crippen LogP contribution in [0.1, 0.15) is 19.4 Å². The van der Waals surface area contributed by atoms with E-state index in [4.69, 9.17) is 15.2 Å². The molecule has 1 aromatic heterocycles. The Labute approximate surface area is 96.8 Å². The summed E-state index contributed by atoms with van der Waals surface area (Å²) in [4.78, 5) is 4.05. The van der Waals surface area contributed by atoms with Gasteiger partial charge in [-0.3, -0.25) is 4.98 Å². The first-order valence-electron chi connectivity index (χ1n) is 5.65. The lowest BCUT2D eigenvalue weighted by Crippen LogP contribution is -2.40. The van der Waals surface area contributed by atoms with Crippen LogP contribution in [0.3, 0.4) is 0 Å². The van der Waals surface area contributed by atoms with E-state index in [-0.39, 0.29) is 12.3 Å². The van der Waals surface area contributed by atoms with Crippen molar-refractivity contribution < 1.29 is 9.47 Å². The lowest BCUT2D eigenvalue weighted by molar-refractivity contribution is -0.148. The van der Waals surface area contributed by atoms with Gasteiger partial charge in [0.25, 0.3) is 0 Å². The Hall–Kier alpha value is -0.970. The highest BCUT2D eigenvalue weighted by atomic mass is 16.7. The molecule has 0 aliphatic heterocycles. The van der Waals surface area contributed by atoms with E-state index in [1.165, 1.54) is 0 Å². The highest BCUT2D eigenvalue weighted by Gasteiger charge is 2.18. The topological polar surface area (TPSA) is 57.4 Å². The van der Waals surface area contributed by atoms with Crippen LogP contribution in [0.2, 0.25) is 0 Å². The van der Waals surface area contributed by atoms with Crippen molar-refractivity contribution >= 4 is 0 Å². The maximum Gasteiger partial charge on any atom is 0.172 e. The van der Waals surface area contributed by atoms with Gasteiger partial charge in [-0.1, -0.05) is 6.07 Å². The summed E-state index contributed by atoms with van der Waals surface area (Å²) < 4.78 is 10.9. The Morgan fingerprint density at radius 2 is 2.00 bits per heavy atom. The average Bonchev–Trinajstić information content (AvgIpc) is 2.30. The first-order chi connectivity index (χ1) is 7.77. The van der Waals surface area contributed by atoms with Gasteiger partial charge in [0.05, 0.1) is 6.04 Å². The Morgan fingerprint density at radius 3 is 2.50 bits per heavy atom. The fourth-order valence-corrected chi connectivity index (χ4v) is 1.51. The second kappa shape index (κ2) is 7.33. The van der Waals surface area contributed by atoms with E-state index >= 15 is 0 Å². The molecule has 0 saturated heterocycles. The van der Waals surface area contributed by atoms with Crippen LogP contribution in [-0.4, -0.2) is 30.5 Å². The molecule has 1 unspecified atom stereocenters. The molecule has 16 heavy (non-hydrogen) atoms. The standard InChI is InChI=1S/C12H20N2O2/c1-3-15-12(16-4-2)11(13)8-10-6-5-7-14-9-10/h5-7,9,11-12H,3-4,8,13H2,1-2H3. The molecule has 0 saturated carbocycles. The summed E-state index contributed by atoms with van der Waals surface area (Å²) in [6.45, 7) is 5.07. The van der Waals surface area contributed by atoms with Crippen molar-refractivity contribution in [1.29, 1.82) is 0 Å². The molecule has 1 atom stereocenters. The van der Waals surface area contributed by atoms with E-state index in [2.05, 4.69) is 4.98 Å². The molecule has 0 amide bonds. The summed E-state index contributed by atoms with van der Waals surface area (Å²) in [5.74, 6) is 0. The minimum Gasteiger partial charge on any atom is -0.351 e. The van der Waals surface area contributed by atoms with Gasteiger partial charge in [0, 0.05) is 25.6 Å². The lowest BCUT2D eigenvalue weighted by atomic mass is 10.1. The minimum absolute atomic E-state index is 0.163. The van der Waals surface area contributed by atoms with Crippen molar-refractivity contribution in [2.75, 3.05) is 13.2 Å². The molecule has 0 spiro atoms. The fourth-order valence-electron chi connectivity index (χ4n) is 1.51. The molecule has 0 aliphatic rings. The monoisotopic (exact) mass is 224 g/mol. The molecule has 0 aromatic carbocycles. The van der Waals surface area contributed by atoms with Gasteiger partial charge in [-0.2, -0.15) is 0 Å². The first-order valence-corrected chi connectivity index (χ1v) is 5.65. The summed E-state index contributed by atoms with van der Waals surface area (Å²) in [7, 11) is 0. The van der Waals surface area contributed by atoms with Crippen LogP contribution in [0.25, 0.3) is 0 Å². The van der Waals surface area contributed by atoms with Gasteiger partial charge in [0.1, 0.15) is 0 Å². The van der Waals surface area contributed by atoms with Gasteiger partial charge >= 0.3 is 0 Å². The average molecular weight is 224 g/mol. The molecule has 4 heteroatoms. The van der Waals surface area contributed by atoms with Crippen molar-refractivity contribution in [3.05, 3.63) is 30.1 Å². The number of hydrogen-bond acceptors (Lipinski definition) is 4. The third-order valence-electron chi connectivity index (χ3n) is 2.21. The molecule has 4 nitrogen and oxygen atoms in total. The predicted molar refractivity (Wildman–Crippen MR) is 63.0 cm³/mol. The van der Waals surface area contributed by atoms with Crippen molar-refractivity contribution in [2.24, 2.45) is 5.73 Å². The summed E-state index contributed by atoms with van der Waals surface area (Å²) >= 11 is 0. The third kappa shape index (κ3) is 4.26. The van der Waals surface area contributed by atoms with Crippen LogP contribution in [0.15, 0.2) is 24.5 Å². The van der Waals surface area contributed by atoms with Crippen molar-refractivity contribution in [1.82, 2.24) is 4.98 Å². The zero-order valence-electron chi connectivity index (χ0n) is 9.93. The van der Waals surface area contributed by atoms with Crippen LogP contribution >= 0.6 is 0 Å². The lowest BCUT2D eigenvalue weighted by Gasteiger charge is -2.23. The molecular weight excluding hydrogens is 204 g/mol. The molecule has 0 aliphatic carbocycles. The second-order valence-corrected chi connectivity index (χ2v) is 3.51. The zero-order valence-corrected chi connectivity index (χ0v) is 9.93. The fraction of sp³-hybridized carbons (Fsp3) is 0.583. The number of hydrogen-bond donors (Lipinski definition) is 1. The van der Waals surface area contributed by atoms with Crippen LogP contribution in [0.4, 0.5) is 0 Å². The van der Waals surface area contributed by atoms with E-state index < -0.39 is 0 Å². The summed E-state index contributed by atoms with van der Waals surface area (Å²) in [5.41, 5.74) is 7.14. The normalized spacial score (nSPS) is 13.0. The van der Waals surface area contributed by atoms with Crippen molar-refractivity contribution in [2.45, 2.75) is 32.6 Å². The molecule has 1 heterocycles. The maximum absolute atomic E-state index is 6.04. The van der Waals surface area contributed by atoms with Gasteiger partial charge in [-0.05, 0) is 31.9 Å². The number of nitrogens with two attached hydrogens (primary N) is 1. The summed E-state index contributed by atoms with van der Waals surface area (Å²) in [6.07, 6.45) is 3.93. The number of pyridine rings is 1. The van der Waals surface area contributed by atoms with Crippen LogP contribution < -0.4 is 5.73 Å². The zero-order chi connectivity index (χ0) is 11.8.